The fraction of sp³-hybridized carbons (Fsp3) is 0.529. The minimum absolute atomic E-state index is 0.0234. The van der Waals surface area contributed by atoms with E-state index in [1.807, 2.05) is 83.7 Å². The lowest BCUT2D eigenvalue weighted by atomic mass is 9.81. The van der Waals surface area contributed by atoms with E-state index in [1.54, 1.807) is 37.4 Å². The zero-order chi connectivity index (χ0) is 49.5. The summed E-state index contributed by atoms with van der Waals surface area (Å²) in [5, 5.41) is 12.6. The van der Waals surface area contributed by atoms with Crippen LogP contribution in [0.1, 0.15) is 127 Å². The van der Waals surface area contributed by atoms with Crippen LogP contribution < -0.4 is 37.8 Å². The molecule has 0 spiro atoms. The number of carbonyl (C=O) groups excluding carboxylic acids is 5. The number of Topliss-reactive ketones (excluding diaryl/α,β-unsaturated/α-hetero) is 1. The van der Waals surface area contributed by atoms with E-state index in [-0.39, 0.29) is 53.4 Å². The van der Waals surface area contributed by atoms with Crippen LogP contribution in [0.2, 0.25) is 0 Å². The van der Waals surface area contributed by atoms with Crippen LogP contribution in [0, 0.1) is 24.7 Å². The SMILES string of the molecule is CCCC1CCN(C(=O)OC(C)(C)C)C1.COc1ccc(C[C@H](NC(=O)C2CCC(CNC(=O)OC(C)(C)C)CC2)C(=O)Nc2ccc(/C(N)=N/NN)cc2)cc1-c1ccc(C(C)=O)cc1C. The van der Waals surface area contributed by atoms with Crippen molar-refractivity contribution in [2.24, 2.45) is 34.4 Å². The molecule has 366 valence electrons. The number of methoxy groups -OCH3 is 1. The molecule has 0 radical (unpaired) electrons. The summed E-state index contributed by atoms with van der Waals surface area (Å²) >= 11 is 0. The van der Waals surface area contributed by atoms with Crippen molar-refractivity contribution in [2.75, 3.05) is 32.1 Å². The lowest BCUT2D eigenvalue weighted by Crippen LogP contribution is -2.48. The molecule has 2 fully saturated rings. The Morgan fingerprint density at radius 2 is 1.49 bits per heavy atom. The number of nitrogens with zero attached hydrogens (tertiary/aromatic N) is 2. The van der Waals surface area contributed by atoms with E-state index < -0.39 is 17.7 Å². The van der Waals surface area contributed by atoms with Gasteiger partial charge in [-0.15, -0.1) is 5.10 Å². The number of anilines is 1. The Bertz CT molecular complexity index is 2190. The molecular formula is C51H74N8O8. The molecule has 2 atom stereocenters. The number of hydrogen-bond acceptors (Lipinski definition) is 11. The third kappa shape index (κ3) is 17.2. The van der Waals surface area contributed by atoms with Crippen molar-refractivity contribution < 1.29 is 38.2 Å². The summed E-state index contributed by atoms with van der Waals surface area (Å²) in [6.45, 7) is 19.0. The monoisotopic (exact) mass is 927 g/mol. The predicted molar refractivity (Wildman–Crippen MR) is 262 cm³/mol. The van der Waals surface area contributed by atoms with Crippen molar-refractivity contribution in [2.45, 2.75) is 131 Å². The summed E-state index contributed by atoms with van der Waals surface area (Å²) in [6.07, 6.45) is 5.93. The number of aryl methyl sites for hydroxylation is 1. The zero-order valence-corrected chi connectivity index (χ0v) is 41.2. The van der Waals surface area contributed by atoms with Gasteiger partial charge in [0.25, 0.3) is 0 Å². The molecule has 1 heterocycles. The highest BCUT2D eigenvalue weighted by molar-refractivity contribution is 6.00. The highest BCUT2D eigenvalue weighted by Gasteiger charge is 2.31. The number of hydrogen-bond donors (Lipinski definition) is 6. The van der Waals surface area contributed by atoms with Gasteiger partial charge in [-0.3, -0.25) is 14.4 Å². The van der Waals surface area contributed by atoms with Crippen LogP contribution in [-0.2, 0) is 25.5 Å². The number of rotatable bonds is 15. The topological polar surface area (TPSA) is 229 Å². The molecule has 3 aromatic carbocycles. The number of nitrogens with two attached hydrogens (primary N) is 2. The molecule has 2 aliphatic rings. The highest BCUT2D eigenvalue weighted by Crippen LogP contribution is 2.35. The Kier molecular flexibility index (Phi) is 19.6. The molecule has 16 heteroatoms. The van der Waals surface area contributed by atoms with Crippen molar-refractivity contribution in [3.8, 4) is 16.9 Å². The molecule has 1 aliphatic carbocycles. The normalized spacial score (nSPS) is 17.8. The van der Waals surface area contributed by atoms with E-state index >= 15 is 0 Å². The van der Waals surface area contributed by atoms with Gasteiger partial charge in [0.05, 0.1) is 7.11 Å². The average molecular weight is 927 g/mol. The van der Waals surface area contributed by atoms with Gasteiger partial charge in [0, 0.05) is 54.4 Å². The Morgan fingerprint density at radius 1 is 0.836 bits per heavy atom. The maximum Gasteiger partial charge on any atom is 0.410 e. The van der Waals surface area contributed by atoms with Crippen molar-refractivity contribution in [1.82, 2.24) is 21.1 Å². The van der Waals surface area contributed by atoms with Gasteiger partial charge in [0.2, 0.25) is 11.8 Å². The van der Waals surface area contributed by atoms with Gasteiger partial charge < -0.3 is 40.8 Å². The van der Waals surface area contributed by atoms with Crippen LogP contribution in [-0.4, -0.2) is 84.5 Å². The van der Waals surface area contributed by atoms with E-state index in [0.717, 1.165) is 54.6 Å². The Hall–Kier alpha value is -6.16. The molecule has 16 nitrogen and oxygen atoms in total. The number of amides is 4. The number of ketones is 1. The number of hydrazine groups is 1. The Balaban J connectivity index is 0.000000554. The first kappa shape index (κ1) is 53.5. The van der Waals surface area contributed by atoms with Crippen molar-refractivity contribution >= 4 is 41.3 Å². The van der Waals surface area contributed by atoms with Gasteiger partial charge in [-0.1, -0.05) is 31.5 Å². The molecule has 1 aliphatic heterocycles. The molecular weight excluding hydrogens is 853 g/mol. The summed E-state index contributed by atoms with van der Waals surface area (Å²) in [4.78, 5) is 65.3. The minimum Gasteiger partial charge on any atom is -0.496 e. The molecule has 8 N–H and O–H groups in total. The number of likely N-dealkylation sites (tertiary alicyclic amines) is 1. The highest BCUT2D eigenvalue weighted by atomic mass is 16.6. The van der Waals surface area contributed by atoms with E-state index in [4.69, 9.17) is 25.8 Å². The van der Waals surface area contributed by atoms with E-state index in [9.17, 15) is 24.0 Å². The number of carbonyl (C=O) groups is 5. The lowest BCUT2D eigenvalue weighted by molar-refractivity contribution is -0.130. The van der Waals surface area contributed by atoms with Gasteiger partial charge in [-0.25, -0.2) is 21.0 Å². The second kappa shape index (κ2) is 24.6. The summed E-state index contributed by atoms with van der Waals surface area (Å²) in [7, 11) is 1.59. The standard InChI is InChI=1S/C39H51N7O6.C12H23NO2/c1-23-19-29(24(2)47)14-17-31(23)32-20-26(9-18-34(32)51-6)21-33(37(49)43-30-15-12-27(13-16-30)35(40)45-46-41)44-36(48)28-10-7-25(8-11-28)22-42-38(50)52-39(3,4)5;1-5-6-10-7-8-13(9-10)11(14)15-12(2,3)4/h9,12-20,25,28,33,46H,7-8,10-11,21-22,41H2,1-6H3,(H2,40,45)(H,42,50)(H,43,49)(H,44,48);10H,5-9H2,1-4H3/t25?,28?,33-;/m0./s1. The van der Waals surface area contributed by atoms with Crippen molar-refractivity contribution in [3.05, 3.63) is 82.9 Å². The second-order valence-corrected chi connectivity index (χ2v) is 19.5. The lowest BCUT2D eigenvalue weighted by Gasteiger charge is -2.29. The maximum absolute atomic E-state index is 13.9. The minimum atomic E-state index is -0.908. The quantitative estimate of drug-likeness (QED) is 0.0281. The molecule has 1 saturated carbocycles. The number of alkyl carbamates (subject to hydrolysis) is 1. The number of benzene rings is 3. The molecule has 1 unspecified atom stereocenters. The third-order valence-electron chi connectivity index (χ3n) is 11.7. The summed E-state index contributed by atoms with van der Waals surface area (Å²) in [6, 6.07) is 17.1. The number of ether oxygens (including phenoxy) is 3. The number of nitrogens with one attached hydrogen (secondary N) is 4. The van der Waals surface area contributed by atoms with Crippen molar-refractivity contribution in [1.29, 1.82) is 0 Å². The predicted octanol–water partition coefficient (Wildman–Crippen LogP) is 8.00. The molecule has 0 aromatic heterocycles. The molecule has 1 saturated heterocycles. The zero-order valence-electron chi connectivity index (χ0n) is 41.2. The summed E-state index contributed by atoms with van der Waals surface area (Å²) in [5.41, 5.74) is 12.2. The molecule has 3 aromatic rings. The molecule has 5 rings (SSSR count). The van der Waals surface area contributed by atoms with E-state index in [2.05, 4.69) is 33.5 Å². The Morgan fingerprint density at radius 3 is 2.07 bits per heavy atom. The molecule has 4 amide bonds. The molecule has 0 bridgehead atoms. The summed E-state index contributed by atoms with van der Waals surface area (Å²) < 4.78 is 16.4. The third-order valence-corrected chi connectivity index (χ3v) is 11.7. The van der Waals surface area contributed by atoms with Crippen molar-refractivity contribution in [3.63, 3.8) is 0 Å². The van der Waals surface area contributed by atoms with Gasteiger partial charge in [0.15, 0.2) is 11.6 Å². The number of hydrazone groups is 1. The van der Waals surface area contributed by atoms with E-state index in [1.165, 1.54) is 19.8 Å². The van der Waals surface area contributed by atoms with Crippen LogP contribution in [0.25, 0.3) is 11.1 Å². The number of amidine groups is 1. The smallest absolute Gasteiger partial charge is 0.410 e. The first-order valence-corrected chi connectivity index (χ1v) is 23.3. The van der Waals surface area contributed by atoms with Crippen LogP contribution >= 0.6 is 0 Å². The first-order chi connectivity index (χ1) is 31.6. The average Bonchev–Trinajstić information content (AvgIpc) is 3.74. The van der Waals surface area contributed by atoms with Crippen LogP contribution in [0.5, 0.6) is 5.75 Å². The van der Waals surface area contributed by atoms with Gasteiger partial charge in [-0.2, -0.15) is 0 Å². The first-order valence-electron chi connectivity index (χ1n) is 23.3. The largest absolute Gasteiger partial charge is 0.496 e. The second-order valence-electron chi connectivity index (χ2n) is 19.5. The Labute approximate surface area is 396 Å². The fourth-order valence-electron chi connectivity index (χ4n) is 8.24. The summed E-state index contributed by atoms with van der Waals surface area (Å²) in [5.74, 6) is 6.08. The fourth-order valence-corrected chi connectivity index (χ4v) is 8.24. The van der Waals surface area contributed by atoms with Crippen LogP contribution in [0.15, 0.2) is 65.8 Å². The van der Waals surface area contributed by atoms with Gasteiger partial charge >= 0.3 is 12.2 Å². The molecule has 67 heavy (non-hydrogen) atoms. The van der Waals surface area contributed by atoms with Crippen LogP contribution in [0.3, 0.4) is 0 Å². The van der Waals surface area contributed by atoms with Gasteiger partial charge in [-0.05, 0) is 165 Å². The maximum atomic E-state index is 13.9. The van der Waals surface area contributed by atoms with E-state index in [0.29, 0.717) is 47.9 Å². The van der Waals surface area contributed by atoms with Gasteiger partial charge in [0.1, 0.15) is 23.0 Å². The van der Waals surface area contributed by atoms with Crippen LogP contribution in [0.4, 0.5) is 15.3 Å².